The molecule has 1 atom stereocenters. The molecule has 2 aromatic rings. The second-order valence-electron chi connectivity index (χ2n) is 10.5. The molecule has 0 unspecified atom stereocenters. The van der Waals surface area contributed by atoms with Gasteiger partial charge in [-0.2, -0.15) is 0 Å². The van der Waals surface area contributed by atoms with Gasteiger partial charge in [-0.1, -0.05) is 56.3 Å². The molecule has 198 valence electrons. The molecular formula is C29H36N2O6. The minimum absolute atomic E-state index is 0.00322. The lowest BCUT2D eigenvalue weighted by atomic mass is 9.96. The molecule has 8 heteroatoms. The molecule has 1 saturated heterocycles. The molecule has 3 N–H and O–H groups in total. The van der Waals surface area contributed by atoms with Gasteiger partial charge in [-0.3, -0.25) is 0 Å². The van der Waals surface area contributed by atoms with Crippen molar-refractivity contribution in [3.63, 3.8) is 0 Å². The van der Waals surface area contributed by atoms with Gasteiger partial charge in [0.2, 0.25) is 0 Å². The van der Waals surface area contributed by atoms with Crippen molar-refractivity contribution in [2.45, 2.75) is 59.1 Å². The number of aliphatic carboxylic acids is 1. The number of benzene rings is 2. The number of hydrogen-bond acceptors (Lipinski definition) is 6. The second kappa shape index (κ2) is 11.6. The largest absolute Gasteiger partial charge is 0.480 e. The maximum Gasteiger partial charge on any atom is 0.408 e. The molecule has 1 amide bonds. The number of alkyl carbamates (subject to hydrolysis) is 1. The number of ether oxygens (including phenoxy) is 3. The van der Waals surface area contributed by atoms with Crippen LogP contribution in [0, 0.1) is 5.41 Å². The highest BCUT2D eigenvalue weighted by Crippen LogP contribution is 2.38. The molecular weight excluding hydrogens is 472 g/mol. The van der Waals surface area contributed by atoms with Crippen LogP contribution in [0.5, 0.6) is 0 Å². The quantitative estimate of drug-likeness (QED) is 0.332. The summed E-state index contributed by atoms with van der Waals surface area (Å²) in [5.41, 5.74) is 6.52. The molecule has 2 aliphatic rings. The first-order valence-electron chi connectivity index (χ1n) is 12.8. The standard InChI is InChI=1S/C29H36N2O6/c1-19(27-36-17-29(2,3)18-37-27)30-14-7-6-13-25(26(32)33)31-28(34)35-16-21-10-8-12-23-22-11-5-4-9-20(22)15-24(21)23/h4-5,8-12,25,30H,6-7,13-18H2,1-3H3,(H,31,34)(H,32,33)/t25-/m0/s1. The van der Waals surface area contributed by atoms with Gasteiger partial charge in [-0.15, -0.1) is 0 Å². The third-order valence-corrected chi connectivity index (χ3v) is 6.70. The molecule has 1 aliphatic carbocycles. The minimum Gasteiger partial charge on any atom is -0.480 e. The van der Waals surface area contributed by atoms with Crippen LogP contribution in [0.25, 0.3) is 11.1 Å². The third-order valence-electron chi connectivity index (χ3n) is 6.70. The fourth-order valence-corrected chi connectivity index (χ4v) is 4.59. The van der Waals surface area contributed by atoms with Crippen LogP contribution in [0.4, 0.5) is 4.79 Å². The Hall–Kier alpha value is -3.68. The molecule has 1 heterocycles. The molecule has 37 heavy (non-hydrogen) atoms. The number of carbonyl (C=O) groups is 2. The summed E-state index contributed by atoms with van der Waals surface area (Å²) in [6, 6.07) is 13.2. The predicted octanol–water partition coefficient (Wildman–Crippen LogP) is 4.96. The molecule has 0 aromatic heterocycles. The SMILES string of the molecule is CC(NCCCC[C@H](NC(=O)OCc1cccc2c1Cc1ccccc1-2)C(=O)O)=C1OCC(C)(C)CO1. The number of nitrogens with one attached hydrogen (secondary N) is 2. The van der Waals surface area contributed by atoms with Crippen molar-refractivity contribution in [3.05, 3.63) is 70.8 Å². The van der Waals surface area contributed by atoms with Crippen LogP contribution in [0.2, 0.25) is 0 Å². The first kappa shape index (κ1) is 26.4. The fraction of sp³-hybridized carbons (Fsp3) is 0.448. The van der Waals surface area contributed by atoms with E-state index in [1.807, 2.05) is 31.2 Å². The van der Waals surface area contributed by atoms with Crippen LogP contribution in [0.3, 0.4) is 0 Å². The highest BCUT2D eigenvalue weighted by molar-refractivity contribution is 5.80. The van der Waals surface area contributed by atoms with Crippen LogP contribution >= 0.6 is 0 Å². The molecule has 1 fully saturated rings. The minimum atomic E-state index is -1.08. The van der Waals surface area contributed by atoms with Crippen LogP contribution in [0.1, 0.15) is 56.7 Å². The first-order chi connectivity index (χ1) is 17.7. The number of carboxylic acids is 1. The van der Waals surface area contributed by atoms with E-state index in [4.69, 9.17) is 14.2 Å². The van der Waals surface area contributed by atoms with Crippen LogP contribution in [0.15, 0.2) is 54.1 Å². The Labute approximate surface area is 218 Å². The summed E-state index contributed by atoms with van der Waals surface area (Å²) in [5, 5.41) is 15.3. The van der Waals surface area contributed by atoms with Crippen LogP contribution in [-0.2, 0) is 32.0 Å². The van der Waals surface area contributed by atoms with E-state index in [-0.39, 0.29) is 12.0 Å². The van der Waals surface area contributed by atoms with Gasteiger partial charge in [0.1, 0.15) is 12.6 Å². The number of carbonyl (C=O) groups excluding carboxylic acids is 1. The Morgan fingerprint density at radius 1 is 1.05 bits per heavy atom. The van der Waals surface area contributed by atoms with Gasteiger partial charge >= 0.3 is 12.1 Å². The molecule has 0 saturated carbocycles. The highest BCUT2D eigenvalue weighted by Gasteiger charge is 2.27. The van der Waals surface area contributed by atoms with E-state index >= 15 is 0 Å². The number of fused-ring (bicyclic) bond motifs is 3. The van der Waals surface area contributed by atoms with Crippen molar-refractivity contribution in [2.75, 3.05) is 19.8 Å². The molecule has 0 spiro atoms. The smallest absolute Gasteiger partial charge is 0.408 e. The van der Waals surface area contributed by atoms with Gasteiger partial charge < -0.3 is 30.0 Å². The molecule has 8 nitrogen and oxygen atoms in total. The van der Waals surface area contributed by atoms with Crippen LogP contribution < -0.4 is 10.6 Å². The van der Waals surface area contributed by atoms with E-state index in [0.717, 1.165) is 35.2 Å². The number of amides is 1. The lowest BCUT2D eigenvalue weighted by Crippen LogP contribution is -2.41. The summed E-state index contributed by atoms with van der Waals surface area (Å²) in [7, 11) is 0. The van der Waals surface area contributed by atoms with E-state index in [9.17, 15) is 14.7 Å². The molecule has 0 bridgehead atoms. The Kier molecular flexibility index (Phi) is 8.26. The summed E-state index contributed by atoms with van der Waals surface area (Å²) in [4.78, 5) is 24.1. The number of rotatable bonds is 10. The van der Waals surface area contributed by atoms with Gasteiger partial charge in [0.05, 0.1) is 18.9 Å². The van der Waals surface area contributed by atoms with Crippen molar-refractivity contribution in [1.82, 2.24) is 10.6 Å². The monoisotopic (exact) mass is 508 g/mol. The predicted molar refractivity (Wildman–Crippen MR) is 140 cm³/mol. The topological polar surface area (TPSA) is 106 Å². The van der Waals surface area contributed by atoms with Gasteiger partial charge in [-0.25, -0.2) is 9.59 Å². The van der Waals surface area contributed by atoms with E-state index in [0.29, 0.717) is 38.5 Å². The maximum atomic E-state index is 12.4. The van der Waals surface area contributed by atoms with Crippen molar-refractivity contribution in [1.29, 1.82) is 0 Å². The number of allylic oxidation sites excluding steroid dienone is 1. The van der Waals surface area contributed by atoms with E-state index in [2.05, 4.69) is 42.7 Å². The lowest BCUT2D eigenvalue weighted by Gasteiger charge is -2.32. The zero-order valence-electron chi connectivity index (χ0n) is 21.8. The highest BCUT2D eigenvalue weighted by atomic mass is 16.7. The van der Waals surface area contributed by atoms with Crippen molar-refractivity contribution < 1.29 is 28.9 Å². The summed E-state index contributed by atoms with van der Waals surface area (Å²) in [6.07, 6.45) is 1.72. The van der Waals surface area contributed by atoms with Gasteiger partial charge in [0, 0.05) is 12.0 Å². The van der Waals surface area contributed by atoms with E-state index < -0.39 is 18.1 Å². The van der Waals surface area contributed by atoms with Gasteiger partial charge in [0.15, 0.2) is 0 Å². The summed E-state index contributed by atoms with van der Waals surface area (Å²) < 4.78 is 16.8. The number of carboxylic acid groups (broad SMARTS) is 1. The van der Waals surface area contributed by atoms with Gasteiger partial charge in [-0.05, 0) is 60.4 Å². The number of hydrogen-bond donors (Lipinski definition) is 3. The van der Waals surface area contributed by atoms with Crippen molar-refractivity contribution in [3.8, 4) is 11.1 Å². The molecule has 1 aliphatic heterocycles. The molecule has 4 rings (SSSR count). The number of unbranched alkanes of at least 4 members (excludes halogenated alkanes) is 1. The third kappa shape index (κ3) is 6.76. The Balaban J connectivity index is 1.20. The fourth-order valence-electron chi connectivity index (χ4n) is 4.59. The van der Waals surface area contributed by atoms with Crippen molar-refractivity contribution in [2.24, 2.45) is 5.41 Å². The van der Waals surface area contributed by atoms with E-state index in [1.165, 1.54) is 11.1 Å². The lowest BCUT2D eigenvalue weighted by molar-refractivity contribution is -0.139. The Morgan fingerprint density at radius 3 is 2.54 bits per heavy atom. The summed E-state index contributed by atoms with van der Waals surface area (Å²) in [5.74, 6) is -0.564. The molecule has 0 radical (unpaired) electrons. The van der Waals surface area contributed by atoms with Crippen molar-refractivity contribution >= 4 is 12.1 Å². The average molecular weight is 509 g/mol. The zero-order valence-corrected chi connectivity index (χ0v) is 21.8. The average Bonchev–Trinajstić information content (AvgIpc) is 3.25. The summed E-state index contributed by atoms with van der Waals surface area (Å²) >= 11 is 0. The first-order valence-corrected chi connectivity index (χ1v) is 12.8. The summed E-state index contributed by atoms with van der Waals surface area (Å²) in [6.45, 7) is 8.00. The Bertz CT molecular complexity index is 1160. The van der Waals surface area contributed by atoms with Gasteiger partial charge in [0.25, 0.3) is 5.95 Å². The second-order valence-corrected chi connectivity index (χ2v) is 10.5. The Morgan fingerprint density at radius 2 is 1.78 bits per heavy atom. The zero-order chi connectivity index (χ0) is 26.4. The van der Waals surface area contributed by atoms with Crippen LogP contribution in [-0.4, -0.2) is 43.0 Å². The molecule has 2 aromatic carbocycles. The normalized spacial score (nSPS) is 15.9. The van der Waals surface area contributed by atoms with E-state index in [1.54, 1.807) is 0 Å². The maximum absolute atomic E-state index is 12.4.